The van der Waals surface area contributed by atoms with E-state index in [1.807, 2.05) is 109 Å². The van der Waals surface area contributed by atoms with Crippen LogP contribution >= 0.6 is 35.3 Å². The maximum absolute atomic E-state index is 14.2. The van der Waals surface area contributed by atoms with Gasteiger partial charge >= 0.3 is 0 Å². The van der Waals surface area contributed by atoms with E-state index >= 15 is 0 Å². The molecule has 8 aromatic carbocycles. The van der Waals surface area contributed by atoms with Crippen molar-refractivity contribution in [3.8, 4) is 28.4 Å². The van der Waals surface area contributed by atoms with Crippen LogP contribution in [-0.2, 0) is 51.3 Å². The Bertz CT molecular complexity index is 4530. The molecule has 16 nitrogen and oxygen atoms in total. The monoisotopic (exact) mass is 1370 g/mol. The molecule has 0 fully saturated rings. The van der Waals surface area contributed by atoms with Crippen LogP contribution in [0.15, 0.2) is 214 Å². The lowest BCUT2D eigenvalue weighted by Crippen LogP contribution is -2.45. The van der Waals surface area contributed by atoms with Gasteiger partial charge in [0.05, 0.1) is 9.79 Å². The molecule has 0 amide bonds. The zero-order valence-corrected chi connectivity index (χ0v) is 57.3. The van der Waals surface area contributed by atoms with Crippen LogP contribution in [0.2, 0.25) is 0 Å². The summed E-state index contributed by atoms with van der Waals surface area (Å²) in [6.07, 6.45) is 2.25. The van der Waals surface area contributed by atoms with Crippen molar-refractivity contribution in [3.63, 3.8) is 0 Å². The van der Waals surface area contributed by atoms with Gasteiger partial charge in [0.25, 0.3) is 40.5 Å². The number of rotatable bonds is 26. The van der Waals surface area contributed by atoms with Crippen molar-refractivity contribution in [2.24, 2.45) is 0 Å². The van der Waals surface area contributed by atoms with Gasteiger partial charge in [-0.05, 0) is 195 Å². The molecule has 2 atom stereocenters. The van der Waals surface area contributed by atoms with Gasteiger partial charge in [0, 0.05) is 56.9 Å². The van der Waals surface area contributed by atoms with Crippen LogP contribution in [0.1, 0.15) is 138 Å². The number of ether oxygens (including phenoxy) is 2. The van der Waals surface area contributed by atoms with Crippen molar-refractivity contribution >= 4 is 87.3 Å². The van der Waals surface area contributed by atoms with Crippen molar-refractivity contribution in [2.75, 3.05) is 0 Å². The molecule has 0 heterocycles. The molecule has 0 aliphatic carbocycles. The highest BCUT2D eigenvalue weighted by Gasteiger charge is 2.47. The first-order valence-corrected chi connectivity index (χ1v) is 37.0. The molecule has 480 valence electrons. The van der Waals surface area contributed by atoms with Crippen LogP contribution in [0.25, 0.3) is 11.1 Å². The van der Waals surface area contributed by atoms with E-state index in [2.05, 4.69) is 6.92 Å². The van der Waals surface area contributed by atoms with Gasteiger partial charge in [0.15, 0.2) is 11.6 Å². The second-order valence-corrected chi connectivity index (χ2v) is 32.8. The summed E-state index contributed by atoms with van der Waals surface area (Å²) in [6.45, 7) is 19.3. The lowest BCUT2D eigenvalue weighted by Gasteiger charge is -2.46. The van der Waals surface area contributed by atoms with Gasteiger partial charge in [-0.25, -0.2) is 0 Å². The number of ketones is 2. The number of hydrogen-bond donors (Lipinski definition) is 4. The summed E-state index contributed by atoms with van der Waals surface area (Å²) in [6, 6.07) is 44.4. The summed E-state index contributed by atoms with van der Waals surface area (Å²) in [7, 11) is -19.6. The number of thioether (sulfide) groups is 1. The van der Waals surface area contributed by atoms with Crippen LogP contribution in [0.5, 0.6) is 17.2 Å². The fraction of sp³-hybridized carbons (Fsp3) is 0.265. The Balaban J connectivity index is 0.971. The Morgan fingerprint density at radius 1 is 0.407 bits per heavy atom. The normalized spacial score (nSPS) is 13.9. The van der Waals surface area contributed by atoms with Crippen LogP contribution in [0, 0.1) is 0 Å². The van der Waals surface area contributed by atoms with Gasteiger partial charge in [0.2, 0.25) is 0 Å². The minimum absolute atomic E-state index is 0.109. The molecule has 0 radical (unpaired) electrons. The lowest BCUT2D eigenvalue weighted by molar-refractivity contribution is 0.103. The standard InChI is InChI=1S/C68H70O16S7/c1-11-65(5,6)55-35-19-45(39-59(55)88(71,72)73)64(70)48-22-38-58(62(42-48)91(80,81)82)86-53-27-15-43(16-28-53)44-17-29-54(30-18-44)87-68(10,14-4)67(9,13-3)56-36-20-46(40-60(56)89(74,75)76)63(69)47-21-37-57(61(41-47)90(77,78)79)83-49-23-31-51(32-24-49)85-52-33-25-50(26-34-52)84-66(7,8)12-2/h15-42H,11-14H2,1-10H3,(H,71,72,73)(H,74,75,76)(H,77,78,79)(H,80,81,82)/t67-,68?/m1/s1. The average Bonchev–Trinajstić information content (AvgIpc) is 0.772. The molecule has 0 bridgehead atoms. The first kappa shape index (κ1) is 70.3. The minimum atomic E-state index is -5.00. The largest absolute Gasteiger partial charge is 0.488 e. The van der Waals surface area contributed by atoms with Crippen LogP contribution in [-0.4, -0.2) is 73.8 Å². The molecule has 1 unspecified atom stereocenters. The second kappa shape index (κ2) is 27.2. The van der Waals surface area contributed by atoms with E-state index in [1.165, 1.54) is 72.1 Å². The number of carbonyl (C=O) groups is 2. The quantitative estimate of drug-likeness (QED) is 0.0223. The van der Waals surface area contributed by atoms with E-state index in [-0.39, 0.29) is 49.8 Å². The molecule has 0 aliphatic heterocycles. The zero-order valence-electron chi connectivity index (χ0n) is 51.5. The SMILES string of the molecule is CCC(C)(C)Oc1ccc(Sc2ccc(Oc3ccc(C(=O)c4ccc([C@@](C)(CC)C(C)(CC)Sc5ccc(-c6ccc(Sc7ccc(C(=O)c8ccc(C(C)(C)CC)c(S(=O)(=O)O)c8)cc7S(=O)(=O)O)cc6)cc5)c(S(=O)(=O)O)c4)cc3S(=O)(=O)O)cc2)cc1. The first-order valence-electron chi connectivity index (χ1n) is 28.8. The Morgan fingerprint density at radius 3 is 1.25 bits per heavy atom. The number of carbonyl (C=O) groups excluding carboxylic acids is 2. The maximum atomic E-state index is 14.2. The van der Waals surface area contributed by atoms with Crippen molar-refractivity contribution in [1.82, 2.24) is 0 Å². The Labute approximate surface area is 546 Å². The molecule has 0 saturated heterocycles. The summed E-state index contributed by atoms with van der Waals surface area (Å²) >= 11 is 4.01. The second-order valence-electron chi connectivity index (χ2n) is 23.4. The summed E-state index contributed by atoms with van der Waals surface area (Å²) in [4.78, 5) is 29.1. The van der Waals surface area contributed by atoms with Crippen LogP contribution in [0.3, 0.4) is 0 Å². The van der Waals surface area contributed by atoms with E-state index < -0.39 is 87.2 Å². The number of hydrogen-bond acceptors (Lipinski definition) is 15. The van der Waals surface area contributed by atoms with E-state index in [4.69, 9.17) is 9.47 Å². The highest BCUT2D eigenvalue weighted by atomic mass is 32.2. The van der Waals surface area contributed by atoms with Gasteiger partial charge in [-0.2, -0.15) is 33.7 Å². The van der Waals surface area contributed by atoms with Gasteiger partial charge in [-0.15, -0.1) is 11.8 Å². The molecule has 0 aliphatic rings. The molecule has 91 heavy (non-hydrogen) atoms. The van der Waals surface area contributed by atoms with E-state index in [0.29, 0.717) is 29.7 Å². The van der Waals surface area contributed by atoms with Crippen molar-refractivity contribution in [2.45, 2.75) is 160 Å². The summed E-state index contributed by atoms with van der Waals surface area (Å²) < 4.78 is 156. The molecular weight excluding hydrogens is 1300 g/mol. The summed E-state index contributed by atoms with van der Waals surface area (Å²) in [5.74, 6) is -0.819. The van der Waals surface area contributed by atoms with E-state index in [0.717, 1.165) is 74.0 Å². The van der Waals surface area contributed by atoms with Gasteiger partial charge in [-0.1, -0.05) is 121 Å². The first-order chi connectivity index (χ1) is 42.4. The molecule has 4 N–H and O–H groups in total. The molecule has 0 saturated carbocycles. The topological polar surface area (TPSA) is 270 Å². The molecule has 0 spiro atoms. The molecule has 23 heteroatoms. The highest BCUT2D eigenvalue weighted by Crippen LogP contribution is 2.53. The van der Waals surface area contributed by atoms with Crippen molar-refractivity contribution in [1.29, 1.82) is 0 Å². The predicted molar refractivity (Wildman–Crippen MR) is 355 cm³/mol. The lowest BCUT2D eigenvalue weighted by atomic mass is 9.68. The molecular formula is C68H70O16S7. The van der Waals surface area contributed by atoms with Crippen LogP contribution < -0.4 is 9.47 Å². The maximum Gasteiger partial charge on any atom is 0.298 e. The molecule has 8 aromatic rings. The fourth-order valence-corrected chi connectivity index (χ4v) is 16.7. The van der Waals surface area contributed by atoms with Crippen molar-refractivity contribution in [3.05, 3.63) is 203 Å². The minimum Gasteiger partial charge on any atom is -0.488 e. The third-order valence-corrected chi connectivity index (χ3v) is 24.2. The Kier molecular flexibility index (Phi) is 21.0. The summed E-state index contributed by atoms with van der Waals surface area (Å²) in [5.41, 5.74) is -0.446. The Hall–Kier alpha value is -6.61. The smallest absolute Gasteiger partial charge is 0.298 e. The van der Waals surface area contributed by atoms with Crippen LogP contribution in [0.4, 0.5) is 0 Å². The van der Waals surface area contributed by atoms with Gasteiger partial charge in [-0.3, -0.25) is 27.8 Å². The van der Waals surface area contributed by atoms with Crippen molar-refractivity contribution < 1.29 is 70.9 Å². The average molecular weight is 1370 g/mol. The van der Waals surface area contributed by atoms with Gasteiger partial charge < -0.3 is 9.47 Å². The number of benzene rings is 8. The van der Waals surface area contributed by atoms with Gasteiger partial charge in [0.1, 0.15) is 32.6 Å². The fourth-order valence-electron chi connectivity index (χ4n) is 10.2. The van der Waals surface area contributed by atoms with E-state index in [9.17, 15) is 61.5 Å². The summed E-state index contributed by atoms with van der Waals surface area (Å²) in [5, 5.41) is 0. The predicted octanol–water partition coefficient (Wildman–Crippen LogP) is 16.8. The highest BCUT2D eigenvalue weighted by molar-refractivity contribution is 8.01. The van der Waals surface area contributed by atoms with E-state index in [1.54, 1.807) is 50.2 Å². The molecule has 0 aromatic heterocycles. The zero-order chi connectivity index (χ0) is 66.9. The molecule has 8 rings (SSSR count). The third-order valence-electron chi connectivity index (χ3n) is 16.7. The Morgan fingerprint density at radius 2 is 0.802 bits per heavy atom. The third kappa shape index (κ3) is 16.2.